The Morgan fingerprint density at radius 2 is 1.88 bits per heavy atom. The number of pyridine rings is 1. The fourth-order valence-electron chi connectivity index (χ4n) is 4.39. The van der Waals surface area contributed by atoms with Gasteiger partial charge in [-0.3, -0.25) is 4.79 Å². The quantitative estimate of drug-likeness (QED) is 0.714. The summed E-state index contributed by atoms with van der Waals surface area (Å²) in [6.45, 7) is 3.55. The minimum Gasteiger partial charge on any atom is -0.354 e. The second kappa shape index (κ2) is 6.27. The van der Waals surface area contributed by atoms with E-state index in [1.807, 2.05) is 18.2 Å². The average Bonchev–Trinajstić information content (AvgIpc) is 3.39. The van der Waals surface area contributed by atoms with Crippen LogP contribution in [0.2, 0.25) is 0 Å². The number of anilines is 1. The lowest BCUT2D eigenvalue weighted by Crippen LogP contribution is -2.44. The summed E-state index contributed by atoms with van der Waals surface area (Å²) >= 11 is 0. The monoisotopic (exact) mass is 349 g/mol. The van der Waals surface area contributed by atoms with E-state index in [0.717, 1.165) is 74.4 Å². The molecule has 0 unspecified atom stereocenters. The van der Waals surface area contributed by atoms with Crippen LogP contribution in [0.3, 0.4) is 0 Å². The van der Waals surface area contributed by atoms with Crippen LogP contribution in [0.5, 0.6) is 0 Å². The molecule has 0 bridgehead atoms. The number of fused-ring (bicyclic) bond motifs is 3. The van der Waals surface area contributed by atoms with E-state index in [0.29, 0.717) is 5.91 Å². The first-order chi connectivity index (χ1) is 12.8. The SMILES string of the molecule is O=C([C@H]1CCCN(c2nc3ncccc3n3cccc23)C1)N1CCCC1. The predicted octanol–water partition coefficient (Wildman–Crippen LogP) is 2.72. The molecule has 6 nitrogen and oxygen atoms in total. The van der Waals surface area contributed by atoms with Crippen LogP contribution in [0.25, 0.3) is 16.7 Å². The van der Waals surface area contributed by atoms with Gasteiger partial charge >= 0.3 is 0 Å². The highest BCUT2D eigenvalue weighted by Gasteiger charge is 2.31. The van der Waals surface area contributed by atoms with Crippen LogP contribution in [-0.2, 0) is 4.79 Å². The van der Waals surface area contributed by atoms with Gasteiger partial charge in [0.1, 0.15) is 0 Å². The number of aromatic nitrogens is 3. The van der Waals surface area contributed by atoms with E-state index < -0.39 is 0 Å². The molecule has 0 N–H and O–H groups in total. The topological polar surface area (TPSA) is 53.7 Å². The van der Waals surface area contributed by atoms with Gasteiger partial charge in [-0.2, -0.15) is 0 Å². The molecule has 0 spiro atoms. The molecule has 2 fully saturated rings. The molecule has 3 aromatic heterocycles. The van der Waals surface area contributed by atoms with E-state index in [4.69, 9.17) is 4.98 Å². The highest BCUT2D eigenvalue weighted by molar-refractivity contribution is 5.84. The lowest BCUT2D eigenvalue weighted by molar-refractivity contribution is -0.134. The second-order valence-electron chi connectivity index (χ2n) is 7.36. The Kier molecular flexibility index (Phi) is 3.76. The number of piperidine rings is 1. The Morgan fingerprint density at radius 1 is 1.04 bits per heavy atom. The number of hydrogen-bond donors (Lipinski definition) is 0. The Balaban J connectivity index is 1.50. The maximum Gasteiger partial charge on any atom is 0.227 e. The van der Waals surface area contributed by atoms with E-state index in [-0.39, 0.29) is 5.92 Å². The molecular weight excluding hydrogens is 326 g/mol. The van der Waals surface area contributed by atoms with Gasteiger partial charge in [0.05, 0.1) is 17.0 Å². The average molecular weight is 349 g/mol. The molecule has 0 saturated carbocycles. The first-order valence-electron chi connectivity index (χ1n) is 9.57. The van der Waals surface area contributed by atoms with Crippen molar-refractivity contribution in [3.05, 3.63) is 36.7 Å². The molecule has 5 heterocycles. The Hall–Kier alpha value is -2.63. The second-order valence-corrected chi connectivity index (χ2v) is 7.36. The van der Waals surface area contributed by atoms with Crippen molar-refractivity contribution in [3.8, 4) is 0 Å². The third-order valence-electron chi connectivity index (χ3n) is 5.70. The summed E-state index contributed by atoms with van der Waals surface area (Å²) in [5.41, 5.74) is 2.84. The molecule has 26 heavy (non-hydrogen) atoms. The fourth-order valence-corrected chi connectivity index (χ4v) is 4.39. The highest BCUT2D eigenvalue weighted by atomic mass is 16.2. The van der Waals surface area contributed by atoms with Crippen molar-refractivity contribution in [3.63, 3.8) is 0 Å². The summed E-state index contributed by atoms with van der Waals surface area (Å²) in [5, 5.41) is 0. The molecule has 2 aliphatic heterocycles. The summed E-state index contributed by atoms with van der Waals surface area (Å²) in [4.78, 5) is 26.5. The van der Waals surface area contributed by atoms with Crippen molar-refractivity contribution in [2.75, 3.05) is 31.1 Å². The van der Waals surface area contributed by atoms with Crippen molar-refractivity contribution >= 4 is 28.4 Å². The largest absolute Gasteiger partial charge is 0.354 e. The molecule has 134 valence electrons. The van der Waals surface area contributed by atoms with Crippen LogP contribution in [0.4, 0.5) is 5.82 Å². The summed E-state index contributed by atoms with van der Waals surface area (Å²) in [6.07, 6.45) is 8.13. The van der Waals surface area contributed by atoms with Crippen molar-refractivity contribution in [1.29, 1.82) is 0 Å². The van der Waals surface area contributed by atoms with Gasteiger partial charge in [-0.15, -0.1) is 0 Å². The zero-order chi connectivity index (χ0) is 17.5. The minimum atomic E-state index is 0.0816. The maximum atomic E-state index is 12.9. The van der Waals surface area contributed by atoms with Gasteiger partial charge in [0.25, 0.3) is 0 Å². The fraction of sp³-hybridized carbons (Fsp3) is 0.450. The van der Waals surface area contributed by atoms with E-state index in [1.165, 1.54) is 0 Å². The number of nitrogens with zero attached hydrogens (tertiary/aromatic N) is 5. The van der Waals surface area contributed by atoms with Crippen LogP contribution in [0.1, 0.15) is 25.7 Å². The van der Waals surface area contributed by atoms with Crippen LogP contribution >= 0.6 is 0 Å². The predicted molar refractivity (Wildman–Crippen MR) is 101 cm³/mol. The van der Waals surface area contributed by atoms with Gasteiger partial charge in [-0.1, -0.05) is 0 Å². The minimum absolute atomic E-state index is 0.0816. The first-order valence-corrected chi connectivity index (χ1v) is 9.57. The van der Waals surface area contributed by atoms with Crippen LogP contribution in [0, 0.1) is 5.92 Å². The maximum absolute atomic E-state index is 12.9. The summed E-state index contributed by atoms with van der Waals surface area (Å²) in [6, 6.07) is 8.13. The molecule has 3 aromatic rings. The smallest absolute Gasteiger partial charge is 0.227 e. The van der Waals surface area contributed by atoms with Gasteiger partial charge in [-0.25, -0.2) is 9.97 Å². The van der Waals surface area contributed by atoms with Crippen LogP contribution < -0.4 is 4.90 Å². The Labute approximate surface area is 152 Å². The van der Waals surface area contributed by atoms with Gasteiger partial charge < -0.3 is 14.2 Å². The summed E-state index contributed by atoms with van der Waals surface area (Å²) in [5.74, 6) is 1.36. The number of rotatable bonds is 2. The van der Waals surface area contributed by atoms with Crippen molar-refractivity contribution in [2.24, 2.45) is 5.92 Å². The van der Waals surface area contributed by atoms with Crippen molar-refractivity contribution in [1.82, 2.24) is 19.3 Å². The molecule has 0 aromatic carbocycles. The van der Waals surface area contributed by atoms with E-state index in [1.54, 1.807) is 6.20 Å². The lowest BCUT2D eigenvalue weighted by atomic mass is 9.96. The molecule has 0 radical (unpaired) electrons. The highest BCUT2D eigenvalue weighted by Crippen LogP contribution is 2.29. The van der Waals surface area contributed by atoms with Crippen LogP contribution in [0.15, 0.2) is 36.7 Å². The van der Waals surface area contributed by atoms with E-state index in [9.17, 15) is 4.79 Å². The van der Waals surface area contributed by atoms with Gasteiger partial charge in [0.2, 0.25) is 5.91 Å². The standard InChI is InChI=1S/C20H23N5O/c26-20(23-10-1-2-11-23)15-6-4-12-24(14-15)19-17-8-5-13-25(17)16-7-3-9-21-18(16)22-19/h3,5,7-9,13,15H,1-2,4,6,10-12,14H2/t15-/m0/s1. The molecular formula is C20H23N5O. The Bertz CT molecular complexity index is 959. The molecule has 0 aliphatic carbocycles. The van der Waals surface area contributed by atoms with E-state index >= 15 is 0 Å². The molecule has 5 rings (SSSR count). The van der Waals surface area contributed by atoms with Crippen LogP contribution in [-0.4, -0.2) is 51.4 Å². The summed E-state index contributed by atoms with van der Waals surface area (Å²) < 4.78 is 2.15. The summed E-state index contributed by atoms with van der Waals surface area (Å²) in [7, 11) is 0. The van der Waals surface area contributed by atoms with E-state index in [2.05, 4.69) is 31.4 Å². The third kappa shape index (κ3) is 2.52. The number of hydrogen-bond acceptors (Lipinski definition) is 4. The number of carbonyl (C=O) groups excluding carboxylic acids is 1. The van der Waals surface area contributed by atoms with Crippen molar-refractivity contribution < 1.29 is 4.79 Å². The zero-order valence-corrected chi connectivity index (χ0v) is 14.8. The number of carbonyl (C=O) groups is 1. The molecule has 6 heteroatoms. The normalized spacial score (nSPS) is 21.0. The van der Waals surface area contributed by atoms with Gasteiger partial charge in [0, 0.05) is 38.6 Å². The molecule has 2 aliphatic rings. The molecule has 1 amide bonds. The molecule has 1 atom stereocenters. The number of amides is 1. The number of likely N-dealkylation sites (tertiary alicyclic amines) is 1. The lowest BCUT2D eigenvalue weighted by Gasteiger charge is -2.35. The zero-order valence-electron chi connectivity index (χ0n) is 14.8. The Morgan fingerprint density at radius 3 is 2.77 bits per heavy atom. The molecule has 2 saturated heterocycles. The van der Waals surface area contributed by atoms with Gasteiger partial charge in [-0.05, 0) is 49.9 Å². The first kappa shape index (κ1) is 15.6. The van der Waals surface area contributed by atoms with Crippen molar-refractivity contribution in [2.45, 2.75) is 25.7 Å². The van der Waals surface area contributed by atoms with Gasteiger partial charge in [0.15, 0.2) is 11.5 Å². The third-order valence-corrected chi connectivity index (χ3v) is 5.70.